The van der Waals surface area contributed by atoms with Crippen LogP contribution in [0.5, 0.6) is 5.75 Å². The number of carbonyl (C=O) groups is 1. The van der Waals surface area contributed by atoms with Gasteiger partial charge in [-0.2, -0.15) is 4.98 Å². The SMILES string of the molecule is C=CC(=O)Nc1cccc(-n2c(=O)cc(C)c3cnc(Nc4ccc(OCCN(C)C)cc4Cl)nc32)c1. The summed E-state index contributed by atoms with van der Waals surface area (Å²) in [4.78, 5) is 35.9. The Labute approximate surface area is 219 Å². The highest BCUT2D eigenvalue weighted by Gasteiger charge is 2.13. The van der Waals surface area contributed by atoms with Crippen LogP contribution in [0.15, 0.2) is 72.2 Å². The van der Waals surface area contributed by atoms with E-state index in [1.54, 1.807) is 42.6 Å². The van der Waals surface area contributed by atoms with Crippen molar-refractivity contribution in [1.82, 2.24) is 19.4 Å². The minimum absolute atomic E-state index is 0.265. The highest BCUT2D eigenvalue weighted by Crippen LogP contribution is 2.29. The molecule has 37 heavy (non-hydrogen) atoms. The number of carbonyl (C=O) groups excluding carboxylic acids is 1. The third-order valence-electron chi connectivity index (χ3n) is 5.52. The van der Waals surface area contributed by atoms with Crippen molar-refractivity contribution in [2.45, 2.75) is 6.92 Å². The number of ether oxygens (including phenoxy) is 1. The minimum Gasteiger partial charge on any atom is -0.492 e. The second-order valence-corrected chi connectivity index (χ2v) is 9.00. The number of nitrogens with one attached hydrogen (secondary N) is 2. The second-order valence-electron chi connectivity index (χ2n) is 8.59. The van der Waals surface area contributed by atoms with Crippen LogP contribution in [0.3, 0.4) is 0 Å². The summed E-state index contributed by atoms with van der Waals surface area (Å²) in [6.45, 7) is 6.62. The summed E-state index contributed by atoms with van der Waals surface area (Å²) in [5.74, 6) is 0.577. The molecule has 0 saturated heterocycles. The summed E-state index contributed by atoms with van der Waals surface area (Å²) in [6, 6.07) is 13.8. The average Bonchev–Trinajstić information content (AvgIpc) is 2.85. The predicted octanol–water partition coefficient (Wildman–Crippen LogP) is 4.55. The minimum atomic E-state index is -0.349. The molecule has 0 aliphatic carbocycles. The van der Waals surface area contributed by atoms with E-state index in [1.165, 1.54) is 16.7 Å². The first-order valence-corrected chi connectivity index (χ1v) is 11.9. The number of likely N-dealkylation sites (N-methyl/N-ethyl adjacent to an activating group) is 1. The van der Waals surface area contributed by atoms with E-state index in [0.29, 0.717) is 45.5 Å². The maximum Gasteiger partial charge on any atom is 0.257 e. The van der Waals surface area contributed by atoms with Gasteiger partial charge in [0.15, 0.2) is 5.65 Å². The number of amides is 1. The van der Waals surface area contributed by atoms with Crippen molar-refractivity contribution in [3.63, 3.8) is 0 Å². The van der Waals surface area contributed by atoms with Crippen LogP contribution >= 0.6 is 11.6 Å². The Bertz CT molecular complexity index is 1530. The number of hydrogen-bond donors (Lipinski definition) is 2. The van der Waals surface area contributed by atoms with Crippen LogP contribution in [0.25, 0.3) is 16.7 Å². The Hall–Kier alpha value is -4.21. The van der Waals surface area contributed by atoms with Gasteiger partial charge in [-0.25, -0.2) is 4.98 Å². The third-order valence-corrected chi connectivity index (χ3v) is 5.83. The monoisotopic (exact) mass is 518 g/mol. The molecular weight excluding hydrogens is 492 g/mol. The molecule has 1 amide bonds. The zero-order chi connectivity index (χ0) is 26.5. The van der Waals surface area contributed by atoms with Crippen molar-refractivity contribution in [2.75, 3.05) is 37.9 Å². The van der Waals surface area contributed by atoms with Gasteiger partial charge in [0.2, 0.25) is 11.9 Å². The van der Waals surface area contributed by atoms with E-state index in [2.05, 4.69) is 27.2 Å². The Morgan fingerprint density at radius 2 is 2.03 bits per heavy atom. The fourth-order valence-electron chi connectivity index (χ4n) is 3.63. The van der Waals surface area contributed by atoms with Gasteiger partial charge in [-0.1, -0.05) is 24.2 Å². The molecule has 9 nitrogen and oxygen atoms in total. The summed E-state index contributed by atoms with van der Waals surface area (Å²) >= 11 is 6.48. The largest absolute Gasteiger partial charge is 0.492 e. The number of rotatable bonds is 9. The lowest BCUT2D eigenvalue weighted by atomic mass is 10.2. The van der Waals surface area contributed by atoms with Crippen molar-refractivity contribution in [3.05, 3.63) is 88.3 Å². The molecule has 2 N–H and O–H groups in total. The number of aryl methyl sites for hydroxylation is 1. The Morgan fingerprint density at radius 3 is 2.76 bits per heavy atom. The van der Waals surface area contributed by atoms with Crippen molar-refractivity contribution in [1.29, 1.82) is 0 Å². The van der Waals surface area contributed by atoms with Crippen LogP contribution in [0.2, 0.25) is 5.02 Å². The summed E-state index contributed by atoms with van der Waals surface area (Å²) in [5.41, 5.74) is 2.55. The van der Waals surface area contributed by atoms with E-state index < -0.39 is 0 Å². The van der Waals surface area contributed by atoms with E-state index in [-0.39, 0.29) is 17.4 Å². The molecule has 0 atom stereocenters. The van der Waals surface area contributed by atoms with Crippen molar-refractivity contribution in [3.8, 4) is 11.4 Å². The first-order valence-electron chi connectivity index (χ1n) is 11.5. The smallest absolute Gasteiger partial charge is 0.257 e. The lowest BCUT2D eigenvalue weighted by molar-refractivity contribution is -0.111. The maximum absolute atomic E-state index is 13.1. The lowest BCUT2D eigenvalue weighted by Gasteiger charge is -2.15. The summed E-state index contributed by atoms with van der Waals surface area (Å²) < 4.78 is 7.21. The molecule has 0 spiro atoms. The number of pyridine rings is 1. The molecule has 4 aromatic rings. The zero-order valence-corrected chi connectivity index (χ0v) is 21.5. The van der Waals surface area contributed by atoms with Gasteiger partial charge in [0.1, 0.15) is 12.4 Å². The molecular formula is C27H27ClN6O3. The number of hydrogen-bond acceptors (Lipinski definition) is 7. The molecule has 0 aliphatic rings. The molecule has 0 bridgehead atoms. The van der Waals surface area contributed by atoms with E-state index in [9.17, 15) is 9.59 Å². The molecule has 190 valence electrons. The number of benzene rings is 2. The average molecular weight is 519 g/mol. The summed E-state index contributed by atoms with van der Waals surface area (Å²) in [6.07, 6.45) is 2.84. The highest BCUT2D eigenvalue weighted by molar-refractivity contribution is 6.33. The number of nitrogens with zero attached hydrogens (tertiary/aromatic N) is 4. The lowest BCUT2D eigenvalue weighted by Crippen LogP contribution is -2.20. The zero-order valence-electron chi connectivity index (χ0n) is 20.8. The number of halogens is 1. The normalized spacial score (nSPS) is 10.9. The van der Waals surface area contributed by atoms with Crippen molar-refractivity contribution >= 4 is 45.9 Å². The maximum atomic E-state index is 13.1. The van der Waals surface area contributed by atoms with Gasteiger partial charge >= 0.3 is 0 Å². The number of aromatic nitrogens is 3. The molecule has 4 rings (SSSR count). The van der Waals surface area contributed by atoms with E-state index in [0.717, 1.165) is 12.1 Å². The van der Waals surface area contributed by atoms with E-state index in [1.807, 2.05) is 32.0 Å². The van der Waals surface area contributed by atoms with Gasteiger partial charge < -0.3 is 20.3 Å². The molecule has 0 fully saturated rings. The van der Waals surface area contributed by atoms with E-state index >= 15 is 0 Å². The molecule has 0 saturated carbocycles. The highest BCUT2D eigenvalue weighted by atomic mass is 35.5. The summed E-state index contributed by atoms with van der Waals surface area (Å²) in [7, 11) is 3.96. The topological polar surface area (TPSA) is 101 Å². The van der Waals surface area contributed by atoms with Gasteiger partial charge in [0.05, 0.1) is 16.4 Å². The van der Waals surface area contributed by atoms with Gasteiger partial charge in [0.25, 0.3) is 5.56 Å². The first-order chi connectivity index (χ1) is 17.7. The van der Waals surface area contributed by atoms with Gasteiger partial charge in [0, 0.05) is 35.9 Å². The Kier molecular flexibility index (Phi) is 7.86. The van der Waals surface area contributed by atoms with E-state index in [4.69, 9.17) is 16.3 Å². The Morgan fingerprint density at radius 1 is 1.22 bits per heavy atom. The van der Waals surface area contributed by atoms with Crippen molar-refractivity contribution < 1.29 is 9.53 Å². The standard InChI is InChI=1S/C27H27ClN6O3/c1-5-24(35)30-18-7-6-8-19(14-18)34-25(36)13-17(2)21-16-29-27(32-26(21)34)31-23-10-9-20(15-22(23)28)37-12-11-33(3)4/h5-10,13-16H,1,11-12H2,2-4H3,(H,30,35)(H,29,31,32). The summed E-state index contributed by atoms with van der Waals surface area (Å²) in [5, 5.41) is 6.99. The molecule has 0 unspecified atom stereocenters. The predicted molar refractivity (Wildman–Crippen MR) is 147 cm³/mol. The van der Waals surface area contributed by atoms with Crippen LogP contribution in [0, 0.1) is 6.92 Å². The van der Waals surface area contributed by atoms with Crippen LogP contribution in [-0.4, -0.2) is 52.6 Å². The van der Waals surface area contributed by atoms with Crippen molar-refractivity contribution in [2.24, 2.45) is 0 Å². The van der Waals surface area contributed by atoms with Gasteiger partial charge in [-0.15, -0.1) is 0 Å². The third kappa shape index (κ3) is 6.14. The fraction of sp³-hybridized carbons (Fsp3) is 0.185. The van der Waals surface area contributed by atoms with Gasteiger partial charge in [-0.05, 0) is 63.0 Å². The Balaban J connectivity index is 1.69. The first kappa shape index (κ1) is 25.9. The molecule has 2 aromatic carbocycles. The molecule has 0 aliphatic heterocycles. The molecule has 2 heterocycles. The second kappa shape index (κ2) is 11.2. The molecule has 0 radical (unpaired) electrons. The van der Waals surface area contributed by atoms with Crippen LogP contribution in [0.4, 0.5) is 17.3 Å². The quantitative estimate of drug-likeness (QED) is 0.313. The van der Waals surface area contributed by atoms with Crippen LogP contribution in [-0.2, 0) is 4.79 Å². The van der Waals surface area contributed by atoms with Crippen LogP contribution < -0.4 is 20.9 Å². The van der Waals surface area contributed by atoms with Gasteiger partial charge in [-0.3, -0.25) is 14.2 Å². The van der Waals surface area contributed by atoms with Crippen LogP contribution in [0.1, 0.15) is 5.56 Å². The number of anilines is 3. The molecule has 2 aromatic heterocycles. The number of fused-ring (bicyclic) bond motifs is 1. The fourth-order valence-corrected chi connectivity index (χ4v) is 3.85. The molecule has 10 heteroatoms.